The first kappa shape index (κ1) is 27.0. The van der Waals surface area contributed by atoms with Crippen LogP contribution in [0.15, 0.2) is 176 Å². The molecular weight excluding hydrogens is 619 g/mol. The van der Waals surface area contributed by atoms with E-state index in [2.05, 4.69) is 189 Å². The van der Waals surface area contributed by atoms with Crippen LogP contribution in [0.5, 0.6) is 0 Å². The monoisotopic (exact) mass is 647 g/mol. The highest BCUT2D eigenvalue weighted by Crippen LogP contribution is 2.44. The summed E-state index contributed by atoms with van der Waals surface area (Å²) in [5, 5.41) is 10.2. The molecule has 0 aliphatic rings. The molecule has 3 nitrogen and oxygen atoms in total. The molecule has 51 heavy (non-hydrogen) atoms. The van der Waals surface area contributed by atoms with Crippen LogP contribution in [-0.2, 0) is 0 Å². The Morgan fingerprint density at radius 1 is 0.294 bits per heavy atom. The summed E-state index contributed by atoms with van der Waals surface area (Å²) in [6.07, 6.45) is 0. The summed E-state index contributed by atoms with van der Waals surface area (Å²) in [6, 6.07) is 64.6. The Kier molecular flexibility index (Phi) is 5.23. The summed E-state index contributed by atoms with van der Waals surface area (Å²) >= 11 is 0. The lowest BCUT2D eigenvalue weighted by Crippen LogP contribution is -1.95. The molecule has 12 aromatic rings. The van der Waals surface area contributed by atoms with E-state index < -0.39 is 0 Å². The Morgan fingerprint density at radius 3 is 1.57 bits per heavy atom. The van der Waals surface area contributed by atoms with Crippen LogP contribution in [0.1, 0.15) is 0 Å². The second kappa shape index (κ2) is 9.87. The summed E-state index contributed by atoms with van der Waals surface area (Å²) in [6.45, 7) is 0. The van der Waals surface area contributed by atoms with Crippen molar-refractivity contribution in [1.29, 1.82) is 0 Å². The second-order valence-electron chi connectivity index (χ2n) is 13.7. The van der Waals surface area contributed by atoms with Gasteiger partial charge in [-0.15, -0.1) is 0 Å². The highest BCUT2D eigenvalue weighted by molar-refractivity contribution is 6.26. The van der Waals surface area contributed by atoms with Crippen molar-refractivity contribution in [3.8, 4) is 22.5 Å². The van der Waals surface area contributed by atoms with E-state index in [9.17, 15) is 0 Å². The van der Waals surface area contributed by atoms with Crippen molar-refractivity contribution < 1.29 is 0 Å². The Balaban J connectivity index is 1.13. The number of hydrogen-bond acceptors (Lipinski definition) is 0. The highest BCUT2D eigenvalue weighted by atomic mass is 15.0. The second-order valence-corrected chi connectivity index (χ2v) is 13.7. The molecule has 0 amide bonds. The molecule has 236 valence electrons. The fourth-order valence-electron chi connectivity index (χ4n) is 9.05. The molecule has 0 atom stereocenters. The zero-order valence-electron chi connectivity index (χ0n) is 27.6. The Hall–Kier alpha value is -6.84. The fraction of sp³-hybridized carbons (Fsp3) is 0. The average Bonchev–Trinajstić information content (AvgIpc) is 3.92. The van der Waals surface area contributed by atoms with Crippen LogP contribution in [-0.4, -0.2) is 13.5 Å². The van der Waals surface area contributed by atoms with Gasteiger partial charge in [-0.05, 0) is 71.8 Å². The summed E-state index contributed by atoms with van der Waals surface area (Å²) in [5.74, 6) is 0. The first-order valence-electron chi connectivity index (χ1n) is 17.6. The number of aromatic nitrogens is 3. The quantitative estimate of drug-likeness (QED) is 0.181. The molecule has 8 aromatic carbocycles. The molecule has 4 aromatic heterocycles. The summed E-state index contributed by atoms with van der Waals surface area (Å²) in [7, 11) is 0. The van der Waals surface area contributed by atoms with Gasteiger partial charge in [0, 0.05) is 48.8 Å². The third-order valence-electron chi connectivity index (χ3n) is 11.2. The Morgan fingerprint density at radius 2 is 0.804 bits per heavy atom. The smallest absolute Gasteiger partial charge is 0.0641 e. The predicted molar refractivity (Wildman–Crippen MR) is 215 cm³/mol. The SMILES string of the molecule is c1ccc(-n2c3ccccc3c3ccc(-c4ccc5c(c4)c4ccccc4n5-c4ccc5c6ccccc6n6c7ccccc7c4c56)cc32)cc1. The van der Waals surface area contributed by atoms with Gasteiger partial charge in [0.25, 0.3) is 0 Å². The van der Waals surface area contributed by atoms with E-state index >= 15 is 0 Å². The van der Waals surface area contributed by atoms with Crippen molar-refractivity contribution in [3.63, 3.8) is 0 Å². The molecule has 0 fully saturated rings. The highest BCUT2D eigenvalue weighted by Gasteiger charge is 2.23. The van der Waals surface area contributed by atoms with Gasteiger partial charge in [-0.25, -0.2) is 0 Å². The maximum Gasteiger partial charge on any atom is 0.0641 e. The van der Waals surface area contributed by atoms with Crippen LogP contribution < -0.4 is 0 Å². The van der Waals surface area contributed by atoms with Gasteiger partial charge < -0.3 is 13.5 Å². The minimum Gasteiger partial charge on any atom is -0.309 e. The van der Waals surface area contributed by atoms with Crippen molar-refractivity contribution in [3.05, 3.63) is 176 Å². The number of benzene rings is 8. The molecule has 0 bridgehead atoms. The van der Waals surface area contributed by atoms with Crippen molar-refractivity contribution in [1.82, 2.24) is 13.5 Å². The predicted octanol–water partition coefficient (Wildman–Crippen LogP) is 12.7. The topological polar surface area (TPSA) is 14.3 Å². The van der Waals surface area contributed by atoms with Gasteiger partial charge in [-0.3, -0.25) is 0 Å². The molecular formula is C48H29N3. The molecule has 0 aliphatic carbocycles. The molecule has 0 radical (unpaired) electrons. The Bertz CT molecular complexity index is 3360. The van der Waals surface area contributed by atoms with Crippen LogP contribution in [0.3, 0.4) is 0 Å². The standard InChI is InChI=1S/C48H29N3/c1-2-12-32(13-3-1)49-40-18-8-4-14-33(40)36-24-22-31(29-46(36)49)30-23-26-44-39(28-30)35-16-6-9-19-41(35)50(44)45-27-25-37-34-15-5-10-20-42(34)51-43-21-11-7-17-38(43)47(45)48(37)51/h1-29H. The first-order chi connectivity index (χ1) is 25.3. The summed E-state index contributed by atoms with van der Waals surface area (Å²) in [4.78, 5) is 0. The number of rotatable bonds is 3. The maximum absolute atomic E-state index is 2.49. The van der Waals surface area contributed by atoms with E-state index in [-0.39, 0.29) is 0 Å². The summed E-state index contributed by atoms with van der Waals surface area (Å²) < 4.78 is 7.36. The molecule has 0 spiro atoms. The largest absolute Gasteiger partial charge is 0.309 e. The van der Waals surface area contributed by atoms with E-state index in [0.29, 0.717) is 0 Å². The van der Waals surface area contributed by atoms with Crippen molar-refractivity contribution in [2.24, 2.45) is 0 Å². The van der Waals surface area contributed by atoms with E-state index in [1.54, 1.807) is 0 Å². The maximum atomic E-state index is 2.49. The summed E-state index contributed by atoms with van der Waals surface area (Å²) in [5.41, 5.74) is 13.5. The first-order valence-corrected chi connectivity index (χ1v) is 17.6. The lowest BCUT2D eigenvalue weighted by atomic mass is 10.0. The van der Waals surface area contributed by atoms with Gasteiger partial charge >= 0.3 is 0 Å². The van der Waals surface area contributed by atoms with Gasteiger partial charge in [0.1, 0.15) is 0 Å². The molecule has 4 heterocycles. The third kappa shape index (κ3) is 3.52. The van der Waals surface area contributed by atoms with Crippen molar-refractivity contribution in [2.75, 3.05) is 0 Å². The minimum atomic E-state index is 1.17. The number of nitrogens with zero attached hydrogens (tertiary/aromatic N) is 3. The zero-order chi connectivity index (χ0) is 33.2. The van der Waals surface area contributed by atoms with E-state index in [0.717, 1.165) is 0 Å². The van der Waals surface area contributed by atoms with Gasteiger partial charge in [0.2, 0.25) is 0 Å². The molecule has 0 saturated carbocycles. The van der Waals surface area contributed by atoms with Crippen molar-refractivity contribution in [2.45, 2.75) is 0 Å². The van der Waals surface area contributed by atoms with Crippen molar-refractivity contribution >= 4 is 81.7 Å². The minimum absolute atomic E-state index is 1.17. The lowest BCUT2D eigenvalue weighted by Gasteiger charge is -2.11. The average molecular weight is 648 g/mol. The third-order valence-corrected chi connectivity index (χ3v) is 11.2. The lowest BCUT2D eigenvalue weighted by molar-refractivity contribution is 1.18. The van der Waals surface area contributed by atoms with Gasteiger partial charge in [-0.1, -0.05) is 115 Å². The van der Waals surface area contributed by atoms with E-state index in [1.807, 2.05) is 0 Å². The van der Waals surface area contributed by atoms with Crippen LogP contribution in [0, 0.1) is 0 Å². The van der Waals surface area contributed by atoms with Crippen LogP contribution in [0.4, 0.5) is 0 Å². The number of para-hydroxylation sites is 5. The van der Waals surface area contributed by atoms with Gasteiger partial charge in [0.05, 0.1) is 44.3 Å². The Labute approximate surface area is 292 Å². The molecule has 3 heteroatoms. The van der Waals surface area contributed by atoms with Gasteiger partial charge in [-0.2, -0.15) is 0 Å². The van der Waals surface area contributed by atoms with E-state index in [1.165, 1.54) is 104 Å². The molecule has 0 aliphatic heterocycles. The normalized spacial score (nSPS) is 12.3. The molecule has 12 rings (SSSR count). The van der Waals surface area contributed by atoms with Crippen LogP contribution >= 0.6 is 0 Å². The zero-order valence-corrected chi connectivity index (χ0v) is 27.6. The molecule has 0 N–H and O–H groups in total. The fourth-order valence-corrected chi connectivity index (χ4v) is 9.05. The van der Waals surface area contributed by atoms with E-state index in [4.69, 9.17) is 0 Å². The number of fused-ring (bicyclic) bond motifs is 12. The van der Waals surface area contributed by atoms with Crippen LogP contribution in [0.2, 0.25) is 0 Å². The van der Waals surface area contributed by atoms with Gasteiger partial charge in [0.15, 0.2) is 0 Å². The molecule has 0 unspecified atom stereocenters. The number of hydrogen-bond donors (Lipinski definition) is 0. The molecule has 0 saturated heterocycles. The van der Waals surface area contributed by atoms with Crippen LogP contribution in [0.25, 0.3) is 104 Å².